The zero-order valence-electron chi connectivity index (χ0n) is 14.7. The molecule has 8 heteroatoms. The van der Waals surface area contributed by atoms with E-state index in [4.69, 9.17) is 17.3 Å². The van der Waals surface area contributed by atoms with Gasteiger partial charge in [0.05, 0.1) is 16.3 Å². The lowest BCUT2D eigenvalue weighted by Gasteiger charge is -2.26. The smallest absolute Gasteiger partial charge is 0.220 e. The Morgan fingerprint density at radius 2 is 2.12 bits per heavy atom. The topological polar surface area (TPSA) is 80.0 Å². The van der Waals surface area contributed by atoms with Crippen LogP contribution < -0.4 is 11.1 Å². The molecule has 3 N–H and O–H groups in total. The van der Waals surface area contributed by atoms with Crippen LogP contribution in [-0.4, -0.2) is 52.4 Å². The Morgan fingerprint density at radius 1 is 1.32 bits per heavy atom. The van der Waals surface area contributed by atoms with Crippen molar-refractivity contribution < 1.29 is 0 Å². The molecule has 3 rings (SSSR count). The average Bonchev–Trinajstić information content (AvgIpc) is 3.03. The zero-order valence-corrected chi connectivity index (χ0v) is 16.3. The van der Waals surface area contributed by atoms with Crippen molar-refractivity contribution in [1.29, 1.82) is 0 Å². The van der Waals surface area contributed by atoms with Crippen molar-refractivity contribution in [3.63, 3.8) is 0 Å². The van der Waals surface area contributed by atoms with Gasteiger partial charge in [0.15, 0.2) is 5.13 Å². The van der Waals surface area contributed by atoms with Crippen LogP contribution in [0.5, 0.6) is 0 Å². The minimum absolute atomic E-state index is 0.126. The van der Waals surface area contributed by atoms with E-state index < -0.39 is 0 Å². The second kappa shape index (κ2) is 8.29. The largest absolute Gasteiger partial charge is 0.368 e. The van der Waals surface area contributed by atoms with Gasteiger partial charge in [-0.3, -0.25) is 0 Å². The lowest BCUT2D eigenvalue weighted by Crippen LogP contribution is -2.20. The highest BCUT2D eigenvalue weighted by atomic mass is 35.5. The standard InChI is InChI=1S/C17H25ClN6S/c1-24(2)8-7-20-17-21-10-15(25-17)14-9-13(22-16(19)23-14)11-5-3-4-6-12(11)18/h9-12H,3-8H2,1-2H3,(H,20,21)(H2,19,22,23). The van der Waals surface area contributed by atoms with Gasteiger partial charge in [-0.1, -0.05) is 24.2 Å². The Hall–Kier alpha value is -1.44. The molecule has 0 aliphatic heterocycles. The van der Waals surface area contributed by atoms with Crippen LogP contribution >= 0.6 is 22.9 Å². The highest BCUT2D eigenvalue weighted by molar-refractivity contribution is 7.18. The zero-order chi connectivity index (χ0) is 17.8. The predicted molar refractivity (Wildman–Crippen MR) is 105 cm³/mol. The molecule has 2 heterocycles. The van der Waals surface area contributed by atoms with Crippen molar-refractivity contribution in [3.05, 3.63) is 18.0 Å². The van der Waals surface area contributed by atoms with E-state index in [1.54, 1.807) is 11.3 Å². The Labute approximate surface area is 157 Å². The number of nitrogens with two attached hydrogens (primary N) is 1. The normalized spacial score (nSPS) is 20.8. The van der Waals surface area contributed by atoms with Gasteiger partial charge in [0.1, 0.15) is 0 Å². The maximum absolute atomic E-state index is 6.53. The van der Waals surface area contributed by atoms with Crippen LogP contribution in [0.4, 0.5) is 11.1 Å². The molecule has 0 bridgehead atoms. The fraction of sp³-hybridized carbons (Fsp3) is 0.588. The van der Waals surface area contributed by atoms with Crippen molar-refractivity contribution in [2.24, 2.45) is 0 Å². The lowest BCUT2D eigenvalue weighted by atomic mass is 9.86. The van der Waals surface area contributed by atoms with Crippen molar-refractivity contribution in [2.45, 2.75) is 37.0 Å². The van der Waals surface area contributed by atoms with E-state index in [0.29, 0.717) is 5.95 Å². The third-order valence-corrected chi connectivity index (χ3v) is 5.92. The van der Waals surface area contributed by atoms with Gasteiger partial charge in [-0.2, -0.15) is 0 Å². The summed E-state index contributed by atoms with van der Waals surface area (Å²) in [7, 11) is 4.10. The van der Waals surface area contributed by atoms with Gasteiger partial charge in [-0.05, 0) is 33.0 Å². The molecule has 1 saturated carbocycles. The summed E-state index contributed by atoms with van der Waals surface area (Å²) in [6, 6.07) is 2.03. The van der Waals surface area contributed by atoms with Gasteiger partial charge >= 0.3 is 0 Å². The number of aromatic nitrogens is 3. The highest BCUT2D eigenvalue weighted by Gasteiger charge is 2.26. The van der Waals surface area contributed by atoms with Crippen molar-refractivity contribution >= 4 is 34.0 Å². The Balaban J connectivity index is 1.77. The summed E-state index contributed by atoms with van der Waals surface area (Å²) in [6.45, 7) is 1.81. The van der Waals surface area contributed by atoms with Crippen LogP contribution in [0.25, 0.3) is 10.6 Å². The van der Waals surface area contributed by atoms with Crippen LogP contribution in [0.1, 0.15) is 37.3 Å². The monoisotopic (exact) mass is 380 g/mol. The first-order valence-corrected chi connectivity index (χ1v) is 9.91. The summed E-state index contributed by atoms with van der Waals surface area (Å²) in [5, 5.41) is 4.35. The molecule has 2 aromatic rings. The van der Waals surface area contributed by atoms with Crippen LogP contribution in [0.15, 0.2) is 12.3 Å². The highest BCUT2D eigenvalue weighted by Crippen LogP contribution is 2.37. The van der Waals surface area contributed by atoms with E-state index in [9.17, 15) is 0 Å². The molecule has 136 valence electrons. The molecular weight excluding hydrogens is 356 g/mol. The number of nitrogens with one attached hydrogen (secondary N) is 1. The average molecular weight is 381 g/mol. The molecule has 1 fully saturated rings. The SMILES string of the molecule is CN(C)CCNc1ncc(-c2cc(C3CCCCC3Cl)nc(N)n2)s1. The number of hydrogen-bond donors (Lipinski definition) is 2. The summed E-state index contributed by atoms with van der Waals surface area (Å²) in [5.41, 5.74) is 7.75. The number of thiazole rings is 1. The Bertz CT molecular complexity index is 704. The molecule has 0 saturated heterocycles. The molecule has 1 aliphatic rings. The third-order valence-electron chi connectivity index (χ3n) is 4.42. The Kier molecular flexibility index (Phi) is 6.09. The number of alkyl halides is 1. The van der Waals surface area contributed by atoms with E-state index >= 15 is 0 Å². The second-order valence-corrected chi connectivity index (χ2v) is 8.29. The number of halogens is 1. The maximum atomic E-state index is 6.53. The first-order chi connectivity index (χ1) is 12.0. The van der Waals surface area contributed by atoms with E-state index in [-0.39, 0.29) is 11.3 Å². The molecule has 0 radical (unpaired) electrons. The number of nitrogen functional groups attached to an aromatic ring is 1. The van der Waals surface area contributed by atoms with E-state index in [1.807, 2.05) is 12.3 Å². The summed E-state index contributed by atoms with van der Waals surface area (Å²) in [5.74, 6) is 0.558. The quantitative estimate of drug-likeness (QED) is 0.747. The molecular formula is C17H25ClN6S. The number of nitrogens with zero attached hydrogens (tertiary/aromatic N) is 4. The minimum Gasteiger partial charge on any atom is -0.368 e. The summed E-state index contributed by atoms with van der Waals surface area (Å²) in [6.07, 6.45) is 6.31. The summed E-state index contributed by atoms with van der Waals surface area (Å²) < 4.78 is 0. The summed E-state index contributed by atoms with van der Waals surface area (Å²) >= 11 is 8.11. The molecule has 25 heavy (non-hydrogen) atoms. The van der Waals surface area contributed by atoms with Gasteiger partial charge in [0.2, 0.25) is 5.95 Å². The number of likely N-dealkylation sites (N-methyl/N-ethyl adjacent to an activating group) is 1. The van der Waals surface area contributed by atoms with Crippen LogP contribution in [-0.2, 0) is 0 Å². The number of hydrogen-bond acceptors (Lipinski definition) is 7. The van der Waals surface area contributed by atoms with Crippen LogP contribution in [0.3, 0.4) is 0 Å². The molecule has 2 unspecified atom stereocenters. The van der Waals surface area contributed by atoms with Gasteiger partial charge in [-0.25, -0.2) is 15.0 Å². The minimum atomic E-state index is 0.126. The van der Waals surface area contributed by atoms with Gasteiger partial charge in [0, 0.05) is 30.6 Å². The van der Waals surface area contributed by atoms with E-state index in [1.165, 1.54) is 12.8 Å². The molecule has 1 aliphatic carbocycles. The van der Waals surface area contributed by atoms with Crippen molar-refractivity contribution in [1.82, 2.24) is 19.9 Å². The van der Waals surface area contributed by atoms with E-state index in [2.05, 4.69) is 39.3 Å². The van der Waals surface area contributed by atoms with Crippen LogP contribution in [0.2, 0.25) is 0 Å². The maximum Gasteiger partial charge on any atom is 0.220 e. The van der Waals surface area contributed by atoms with Crippen LogP contribution in [0, 0.1) is 0 Å². The van der Waals surface area contributed by atoms with Crippen molar-refractivity contribution in [3.8, 4) is 10.6 Å². The predicted octanol–water partition coefficient (Wildman–Crippen LogP) is 3.42. The summed E-state index contributed by atoms with van der Waals surface area (Å²) in [4.78, 5) is 16.4. The molecule has 0 spiro atoms. The fourth-order valence-electron chi connectivity index (χ4n) is 3.08. The van der Waals surface area contributed by atoms with Crippen molar-refractivity contribution in [2.75, 3.05) is 38.2 Å². The molecule has 6 nitrogen and oxygen atoms in total. The molecule has 2 atom stereocenters. The molecule has 0 amide bonds. The van der Waals surface area contributed by atoms with Gasteiger partial charge in [-0.15, -0.1) is 11.6 Å². The van der Waals surface area contributed by atoms with E-state index in [0.717, 1.165) is 47.3 Å². The lowest BCUT2D eigenvalue weighted by molar-refractivity contribution is 0.425. The second-order valence-electron chi connectivity index (χ2n) is 6.70. The molecule has 2 aromatic heterocycles. The first-order valence-electron chi connectivity index (χ1n) is 8.66. The van der Waals surface area contributed by atoms with Gasteiger partial charge < -0.3 is 16.0 Å². The Morgan fingerprint density at radius 3 is 2.88 bits per heavy atom. The number of anilines is 2. The number of rotatable bonds is 6. The molecule has 0 aromatic carbocycles. The third kappa shape index (κ3) is 4.80. The van der Waals surface area contributed by atoms with Gasteiger partial charge in [0.25, 0.3) is 0 Å². The first kappa shape index (κ1) is 18.4. The fourth-order valence-corrected chi connectivity index (χ4v) is 4.29.